The molecule has 3 rings (SSSR count). The number of esters is 1. The molecule has 0 amide bonds. The molecule has 8 heteroatoms. The van der Waals surface area contributed by atoms with Crippen LogP contribution in [0.5, 0.6) is 0 Å². The first kappa shape index (κ1) is 20.3. The van der Waals surface area contributed by atoms with E-state index < -0.39 is 10.9 Å². The highest BCUT2D eigenvalue weighted by Crippen LogP contribution is 2.40. The van der Waals surface area contributed by atoms with Crippen molar-refractivity contribution in [2.24, 2.45) is 4.99 Å². The second kappa shape index (κ2) is 8.74. The minimum Gasteiger partial charge on any atom is -0.506 e. The number of benzene rings is 2. The number of carbonyl (C=O) groups is 1. The van der Waals surface area contributed by atoms with Crippen molar-refractivity contribution in [2.45, 2.75) is 13.8 Å². The van der Waals surface area contributed by atoms with E-state index in [9.17, 15) is 20.0 Å². The number of carbonyl (C=O) groups excluding carboxylic acids is 1. The van der Waals surface area contributed by atoms with Crippen LogP contribution in [0.15, 0.2) is 69.8 Å². The number of aliphatic hydroxyl groups is 1. The summed E-state index contributed by atoms with van der Waals surface area (Å²) in [5.41, 5.74) is 2.34. The molecule has 7 nitrogen and oxygen atoms in total. The number of ether oxygens (including phenoxy) is 1. The quantitative estimate of drug-likeness (QED) is 0.418. The fourth-order valence-corrected chi connectivity index (χ4v) is 3.61. The Bertz CT molecular complexity index is 1040. The Balaban J connectivity index is 2.00. The summed E-state index contributed by atoms with van der Waals surface area (Å²) >= 11 is 1.14. The number of aliphatic imine (C=N–C) groups is 1. The van der Waals surface area contributed by atoms with E-state index in [4.69, 9.17) is 4.74 Å². The number of nitro benzene ring substituents is 1. The third kappa shape index (κ3) is 4.72. The van der Waals surface area contributed by atoms with Gasteiger partial charge in [-0.05, 0) is 49.8 Å². The first-order chi connectivity index (χ1) is 13.9. The Morgan fingerprint density at radius 1 is 1.21 bits per heavy atom. The molecule has 1 N–H and O–H groups in total. The first-order valence-corrected chi connectivity index (χ1v) is 9.61. The molecular formula is C21H18N2O5S. The summed E-state index contributed by atoms with van der Waals surface area (Å²) in [6.45, 7) is 3.81. The summed E-state index contributed by atoms with van der Waals surface area (Å²) in [5, 5.41) is 21.8. The normalized spacial score (nSPS) is 16.5. The van der Waals surface area contributed by atoms with Crippen molar-refractivity contribution in [3.63, 3.8) is 0 Å². The molecule has 0 saturated carbocycles. The number of nitro groups is 1. The predicted molar refractivity (Wildman–Crippen MR) is 113 cm³/mol. The van der Waals surface area contributed by atoms with Crippen molar-refractivity contribution in [1.82, 2.24) is 0 Å². The smallest absolute Gasteiger partial charge is 0.344 e. The summed E-state index contributed by atoms with van der Waals surface area (Å²) in [5.74, 6) is -0.881. The molecular weight excluding hydrogens is 392 g/mol. The summed E-state index contributed by atoms with van der Waals surface area (Å²) in [6.07, 6.45) is 1.64. The molecule has 1 aliphatic rings. The lowest BCUT2D eigenvalue weighted by Crippen LogP contribution is -2.12. The molecule has 0 aromatic heterocycles. The van der Waals surface area contributed by atoms with Crippen molar-refractivity contribution in [3.05, 3.63) is 86.0 Å². The van der Waals surface area contributed by atoms with Gasteiger partial charge in [0.25, 0.3) is 5.69 Å². The number of hydrogen-bond donors (Lipinski definition) is 1. The molecule has 148 valence electrons. The Morgan fingerprint density at radius 3 is 2.45 bits per heavy atom. The highest BCUT2D eigenvalue weighted by atomic mass is 32.2. The molecule has 0 saturated heterocycles. The number of hydrogen-bond acceptors (Lipinski definition) is 7. The zero-order valence-corrected chi connectivity index (χ0v) is 16.6. The number of non-ortho nitro benzene ring substituents is 1. The number of aryl methyl sites for hydroxylation is 1. The third-order valence-corrected chi connectivity index (χ3v) is 5.06. The van der Waals surface area contributed by atoms with E-state index >= 15 is 0 Å². The van der Waals surface area contributed by atoms with Crippen LogP contribution in [0.4, 0.5) is 11.4 Å². The number of thioether (sulfide) groups is 1. The largest absolute Gasteiger partial charge is 0.506 e. The van der Waals surface area contributed by atoms with Crippen LogP contribution in [0.1, 0.15) is 18.1 Å². The zero-order valence-electron chi connectivity index (χ0n) is 15.8. The number of aliphatic hydroxyl groups excluding tert-OH is 1. The van der Waals surface area contributed by atoms with E-state index in [2.05, 4.69) is 4.99 Å². The molecule has 2 aromatic carbocycles. The van der Waals surface area contributed by atoms with E-state index in [1.54, 1.807) is 25.1 Å². The van der Waals surface area contributed by atoms with Crippen molar-refractivity contribution in [1.29, 1.82) is 0 Å². The lowest BCUT2D eigenvalue weighted by Gasteiger charge is -2.04. The Kier molecular flexibility index (Phi) is 6.13. The monoisotopic (exact) mass is 410 g/mol. The van der Waals surface area contributed by atoms with Crippen molar-refractivity contribution < 1.29 is 19.6 Å². The average Bonchev–Trinajstić information content (AvgIpc) is 2.99. The SMILES string of the molecule is CCOC(=O)C1=C(O)/C(=C\c2ccc([N+](=O)[O-])cc2)SC1=Nc1ccc(C)cc1. The fourth-order valence-electron chi connectivity index (χ4n) is 2.57. The second-order valence-corrected chi connectivity index (χ2v) is 7.19. The van der Waals surface area contributed by atoms with Gasteiger partial charge in [-0.2, -0.15) is 0 Å². The summed E-state index contributed by atoms with van der Waals surface area (Å²) in [6, 6.07) is 13.3. The van der Waals surface area contributed by atoms with Crippen LogP contribution >= 0.6 is 11.8 Å². The maximum Gasteiger partial charge on any atom is 0.344 e. The molecule has 1 heterocycles. The average molecular weight is 410 g/mol. The van der Waals surface area contributed by atoms with Gasteiger partial charge in [0.1, 0.15) is 16.4 Å². The van der Waals surface area contributed by atoms with Crippen LogP contribution in [-0.4, -0.2) is 27.6 Å². The highest BCUT2D eigenvalue weighted by Gasteiger charge is 2.33. The van der Waals surface area contributed by atoms with Crippen LogP contribution in [0.25, 0.3) is 6.08 Å². The van der Waals surface area contributed by atoms with Gasteiger partial charge < -0.3 is 9.84 Å². The van der Waals surface area contributed by atoms with E-state index in [1.807, 2.05) is 31.2 Å². The minimum atomic E-state index is -0.657. The molecule has 0 atom stereocenters. The molecule has 0 spiro atoms. The van der Waals surface area contributed by atoms with Gasteiger partial charge in [-0.15, -0.1) is 0 Å². The molecule has 0 unspecified atom stereocenters. The first-order valence-electron chi connectivity index (χ1n) is 8.79. The molecule has 29 heavy (non-hydrogen) atoms. The summed E-state index contributed by atoms with van der Waals surface area (Å²) in [4.78, 5) is 27.6. The molecule has 0 radical (unpaired) electrons. The predicted octanol–water partition coefficient (Wildman–Crippen LogP) is 5.10. The van der Waals surface area contributed by atoms with Gasteiger partial charge >= 0.3 is 5.97 Å². The van der Waals surface area contributed by atoms with E-state index in [1.165, 1.54) is 12.1 Å². The molecule has 0 aliphatic carbocycles. The van der Waals surface area contributed by atoms with Gasteiger partial charge in [0.15, 0.2) is 0 Å². The van der Waals surface area contributed by atoms with E-state index in [0.29, 0.717) is 21.2 Å². The van der Waals surface area contributed by atoms with Crippen LogP contribution in [0.2, 0.25) is 0 Å². The van der Waals surface area contributed by atoms with Crippen LogP contribution in [-0.2, 0) is 9.53 Å². The highest BCUT2D eigenvalue weighted by molar-refractivity contribution is 8.18. The zero-order chi connectivity index (χ0) is 21.0. The lowest BCUT2D eigenvalue weighted by molar-refractivity contribution is -0.384. The van der Waals surface area contributed by atoms with Crippen LogP contribution in [0.3, 0.4) is 0 Å². The summed E-state index contributed by atoms with van der Waals surface area (Å²) in [7, 11) is 0. The van der Waals surface area contributed by atoms with Crippen LogP contribution in [0, 0.1) is 17.0 Å². The maximum absolute atomic E-state index is 12.4. The molecule has 0 fully saturated rings. The van der Waals surface area contributed by atoms with Gasteiger partial charge in [0.2, 0.25) is 0 Å². The fraction of sp³-hybridized carbons (Fsp3) is 0.143. The lowest BCUT2D eigenvalue weighted by atomic mass is 10.1. The minimum absolute atomic E-state index is 0.00517. The van der Waals surface area contributed by atoms with E-state index in [0.717, 1.165) is 17.3 Å². The molecule has 0 bridgehead atoms. The van der Waals surface area contributed by atoms with Crippen molar-refractivity contribution in [3.8, 4) is 0 Å². The molecule has 1 aliphatic heterocycles. The van der Waals surface area contributed by atoms with Crippen molar-refractivity contribution >= 4 is 40.2 Å². The van der Waals surface area contributed by atoms with Gasteiger partial charge in [0.05, 0.1) is 22.1 Å². The van der Waals surface area contributed by atoms with Crippen LogP contribution < -0.4 is 0 Å². The summed E-state index contributed by atoms with van der Waals surface area (Å²) < 4.78 is 5.07. The number of nitrogens with zero attached hydrogens (tertiary/aromatic N) is 2. The van der Waals surface area contributed by atoms with E-state index in [-0.39, 0.29) is 23.6 Å². The van der Waals surface area contributed by atoms with Gasteiger partial charge in [0, 0.05) is 12.1 Å². The van der Waals surface area contributed by atoms with Gasteiger partial charge in [-0.3, -0.25) is 10.1 Å². The Labute approximate surface area is 171 Å². The topological polar surface area (TPSA) is 102 Å². The van der Waals surface area contributed by atoms with Gasteiger partial charge in [-0.25, -0.2) is 9.79 Å². The third-order valence-electron chi connectivity index (χ3n) is 4.04. The second-order valence-electron chi connectivity index (χ2n) is 6.16. The standard InChI is InChI=1S/C21H18N2O5S/c1-3-28-21(25)18-19(24)17(12-14-6-10-16(11-7-14)23(26)27)29-20(18)22-15-8-4-13(2)5-9-15/h4-12,24H,3H2,1-2H3/b17-12+,22-20?. The maximum atomic E-state index is 12.4. The Hall–Kier alpha value is -3.39. The Morgan fingerprint density at radius 2 is 1.86 bits per heavy atom. The van der Waals surface area contributed by atoms with Gasteiger partial charge in [-0.1, -0.05) is 29.5 Å². The number of rotatable bonds is 5. The molecule has 2 aromatic rings. The van der Waals surface area contributed by atoms with Crippen molar-refractivity contribution in [2.75, 3.05) is 6.61 Å².